The highest BCUT2D eigenvalue weighted by Crippen LogP contribution is 2.32. The van der Waals surface area contributed by atoms with Gasteiger partial charge in [0.25, 0.3) is 0 Å². The molecule has 0 amide bonds. The molecule has 0 saturated heterocycles. The van der Waals surface area contributed by atoms with E-state index in [-0.39, 0.29) is 11.5 Å². The molecule has 5 heteroatoms. The third kappa shape index (κ3) is 1.55. The second kappa shape index (κ2) is 3.61. The van der Waals surface area contributed by atoms with Crippen LogP contribution in [0, 0.1) is 0 Å². The lowest BCUT2D eigenvalue weighted by atomic mass is 9.98. The molecule has 0 aromatic heterocycles. The maximum atomic E-state index is 11.7. The van der Waals surface area contributed by atoms with Crippen molar-refractivity contribution in [1.29, 1.82) is 0 Å². The zero-order chi connectivity index (χ0) is 11.8. The second-order valence-corrected chi connectivity index (χ2v) is 3.47. The average Bonchev–Trinajstić information content (AvgIpc) is 2.27. The lowest BCUT2D eigenvalue weighted by Crippen LogP contribution is -2.49. The minimum absolute atomic E-state index is 0.187. The number of benzene rings is 1. The number of carbonyl (C=O) groups is 2. The first-order valence-electron chi connectivity index (χ1n) is 4.69. The van der Waals surface area contributed by atoms with Crippen LogP contribution in [-0.2, 0) is 9.53 Å². The van der Waals surface area contributed by atoms with E-state index in [9.17, 15) is 14.7 Å². The van der Waals surface area contributed by atoms with Gasteiger partial charge in [-0.25, -0.2) is 4.79 Å². The Labute approximate surface area is 91.6 Å². The van der Waals surface area contributed by atoms with Gasteiger partial charge in [0.05, 0.1) is 19.1 Å². The summed E-state index contributed by atoms with van der Waals surface area (Å²) in [5.74, 6) is -3.35. The van der Waals surface area contributed by atoms with Gasteiger partial charge in [0, 0.05) is 0 Å². The van der Waals surface area contributed by atoms with E-state index in [4.69, 9.17) is 4.74 Å². The molecule has 0 fully saturated rings. The van der Waals surface area contributed by atoms with Gasteiger partial charge in [-0.2, -0.15) is 0 Å². The number of carbonyl (C=O) groups excluding carboxylic acids is 2. The van der Waals surface area contributed by atoms with Crippen molar-refractivity contribution in [3.05, 3.63) is 29.8 Å². The Bertz CT molecular complexity index is 453. The van der Waals surface area contributed by atoms with Crippen molar-refractivity contribution in [2.45, 2.75) is 12.2 Å². The molecular weight excluding hydrogens is 212 g/mol. The molecule has 1 aliphatic rings. The van der Waals surface area contributed by atoms with E-state index < -0.39 is 18.2 Å². The molecular formula is C11H10O5. The summed E-state index contributed by atoms with van der Waals surface area (Å²) < 4.78 is 9.49. The minimum atomic E-state index is -2.21. The largest absolute Gasteiger partial charge is 0.464 e. The van der Waals surface area contributed by atoms with Crippen molar-refractivity contribution in [3.8, 4) is 5.75 Å². The van der Waals surface area contributed by atoms with E-state index in [1.807, 2.05) is 0 Å². The van der Waals surface area contributed by atoms with Gasteiger partial charge in [0.2, 0.25) is 0 Å². The van der Waals surface area contributed by atoms with E-state index >= 15 is 0 Å². The van der Waals surface area contributed by atoms with Crippen LogP contribution in [0.4, 0.5) is 0 Å². The predicted molar refractivity (Wildman–Crippen MR) is 53.0 cm³/mol. The molecule has 0 radical (unpaired) electrons. The van der Waals surface area contributed by atoms with E-state index in [2.05, 4.69) is 4.74 Å². The summed E-state index contributed by atoms with van der Waals surface area (Å²) in [4.78, 5) is 23.0. The van der Waals surface area contributed by atoms with Gasteiger partial charge in [-0.3, -0.25) is 4.79 Å². The van der Waals surface area contributed by atoms with Crippen molar-refractivity contribution >= 4 is 11.8 Å². The summed E-state index contributed by atoms with van der Waals surface area (Å²) in [6, 6.07) is 6.42. The Kier molecular flexibility index (Phi) is 2.40. The first kappa shape index (κ1) is 10.6. The number of aliphatic hydroxyl groups is 1. The van der Waals surface area contributed by atoms with Crippen LogP contribution in [0.25, 0.3) is 0 Å². The number of rotatable bonds is 1. The van der Waals surface area contributed by atoms with Crippen LogP contribution in [0.2, 0.25) is 0 Å². The molecule has 2 rings (SSSR count). The molecule has 0 saturated carbocycles. The molecule has 1 atom stereocenters. The van der Waals surface area contributed by atoms with Crippen LogP contribution in [0.3, 0.4) is 0 Å². The highest BCUT2D eigenvalue weighted by Gasteiger charge is 2.46. The van der Waals surface area contributed by atoms with Crippen molar-refractivity contribution < 1.29 is 24.2 Å². The Hall–Kier alpha value is -1.88. The van der Waals surface area contributed by atoms with Crippen LogP contribution in [0.1, 0.15) is 16.8 Å². The highest BCUT2D eigenvalue weighted by atomic mass is 16.7. The summed E-state index contributed by atoms with van der Waals surface area (Å²) in [5, 5.41) is 9.84. The number of hydrogen-bond donors (Lipinski definition) is 1. The lowest BCUT2D eigenvalue weighted by molar-refractivity contribution is -0.197. The number of esters is 1. The molecule has 1 aromatic rings. The Morgan fingerprint density at radius 2 is 2.19 bits per heavy atom. The fourth-order valence-corrected chi connectivity index (χ4v) is 1.59. The first-order valence-corrected chi connectivity index (χ1v) is 4.69. The minimum Gasteiger partial charge on any atom is -0.464 e. The van der Waals surface area contributed by atoms with Crippen LogP contribution < -0.4 is 4.74 Å². The van der Waals surface area contributed by atoms with Crippen molar-refractivity contribution in [2.24, 2.45) is 0 Å². The Balaban J connectivity index is 2.41. The SMILES string of the molecule is COC(=O)[C@]1(O)CC(=O)c2ccccc2O1. The van der Waals surface area contributed by atoms with Gasteiger partial charge >= 0.3 is 11.8 Å². The number of Topliss-reactive ketones (excluding diaryl/α,β-unsaturated/α-hetero) is 1. The van der Waals surface area contributed by atoms with Gasteiger partial charge in [-0.1, -0.05) is 12.1 Å². The summed E-state index contributed by atoms with van der Waals surface area (Å²) in [5.41, 5.74) is 0.357. The van der Waals surface area contributed by atoms with Gasteiger partial charge in [-0.05, 0) is 12.1 Å². The van der Waals surface area contributed by atoms with Crippen LogP contribution in [0.15, 0.2) is 24.3 Å². The summed E-state index contributed by atoms with van der Waals surface area (Å²) in [6.07, 6.45) is -0.434. The summed E-state index contributed by atoms with van der Waals surface area (Å²) in [6.45, 7) is 0. The molecule has 1 N–H and O–H groups in total. The number of hydrogen-bond acceptors (Lipinski definition) is 5. The molecule has 5 nitrogen and oxygen atoms in total. The number of ether oxygens (including phenoxy) is 2. The zero-order valence-corrected chi connectivity index (χ0v) is 8.60. The van der Waals surface area contributed by atoms with Crippen molar-refractivity contribution in [1.82, 2.24) is 0 Å². The standard InChI is InChI=1S/C11H10O5/c1-15-10(13)11(14)6-8(12)7-4-2-3-5-9(7)16-11/h2-5,14H,6H2,1H3/t11-/m0/s1. The monoisotopic (exact) mass is 222 g/mol. The molecule has 1 aliphatic heterocycles. The van der Waals surface area contributed by atoms with Crippen LogP contribution in [0.5, 0.6) is 5.75 Å². The highest BCUT2D eigenvalue weighted by molar-refractivity contribution is 6.03. The summed E-state index contributed by atoms with van der Waals surface area (Å²) >= 11 is 0. The number of ketones is 1. The molecule has 0 unspecified atom stereocenters. The van der Waals surface area contributed by atoms with E-state index in [1.165, 1.54) is 6.07 Å². The first-order chi connectivity index (χ1) is 7.57. The maximum absolute atomic E-state index is 11.7. The maximum Gasteiger partial charge on any atom is 0.379 e. The van der Waals surface area contributed by atoms with E-state index in [1.54, 1.807) is 18.2 Å². The average molecular weight is 222 g/mol. The van der Waals surface area contributed by atoms with Crippen LogP contribution >= 0.6 is 0 Å². The molecule has 1 heterocycles. The molecule has 0 spiro atoms. The Morgan fingerprint density at radius 3 is 2.88 bits per heavy atom. The number of methoxy groups -OCH3 is 1. The smallest absolute Gasteiger partial charge is 0.379 e. The molecule has 0 aliphatic carbocycles. The van der Waals surface area contributed by atoms with Gasteiger partial charge in [0.1, 0.15) is 5.75 Å². The quantitative estimate of drug-likeness (QED) is 0.701. The normalized spacial score (nSPS) is 23.2. The number of para-hydroxylation sites is 1. The Morgan fingerprint density at radius 1 is 1.50 bits per heavy atom. The zero-order valence-electron chi connectivity index (χ0n) is 8.60. The fourth-order valence-electron chi connectivity index (χ4n) is 1.59. The molecule has 1 aromatic carbocycles. The number of fused-ring (bicyclic) bond motifs is 1. The fraction of sp³-hybridized carbons (Fsp3) is 0.273. The van der Waals surface area contributed by atoms with Crippen LogP contribution in [-0.4, -0.2) is 29.8 Å². The summed E-state index contributed by atoms with van der Waals surface area (Å²) in [7, 11) is 1.12. The van der Waals surface area contributed by atoms with Crippen molar-refractivity contribution in [3.63, 3.8) is 0 Å². The molecule has 16 heavy (non-hydrogen) atoms. The van der Waals surface area contributed by atoms with E-state index in [0.717, 1.165) is 7.11 Å². The third-order valence-electron chi connectivity index (χ3n) is 2.37. The topological polar surface area (TPSA) is 72.8 Å². The second-order valence-electron chi connectivity index (χ2n) is 3.47. The van der Waals surface area contributed by atoms with Gasteiger partial charge in [-0.15, -0.1) is 0 Å². The lowest BCUT2D eigenvalue weighted by Gasteiger charge is -2.30. The van der Waals surface area contributed by atoms with Crippen molar-refractivity contribution in [2.75, 3.05) is 7.11 Å². The third-order valence-corrected chi connectivity index (χ3v) is 2.37. The van der Waals surface area contributed by atoms with Gasteiger partial charge in [0.15, 0.2) is 5.78 Å². The van der Waals surface area contributed by atoms with E-state index in [0.29, 0.717) is 5.56 Å². The molecule has 84 valence electrons. The van der Waals surface area contributed by atoms with Gasteiger partial charge < -0.3 is 14.6 Å². The molecule has 0 bridgehead atoms. The predicted octanol–water partition coefficient (Wildman–Crippen LogP) is 0.513.